The monoisotopic (exact) mass is 324 g/mol. The number of nitrogens with one attached hydrogen (secondary N) is 2. The number of carbonyl (C=O) groups excluding carboxylic acids is 1. The lowest BCUT2D eigenvalue weighted by atomic mass is 9.51. The lowest BCUT2D eigenvalue weighted by molar-refractivity contribution is -0.141. The van der Waals surface area contributed by atoms with Gasteiger partial charge in [-0.05, 0) is 37.5 Å². The number of urea groups is 1. The molecule has 5 nitrogen and oxygen atoms in total. The molecule has 2 aliphatic carbocycles. The number of hydrogen-bond acceptors (Lipinski definition) is 3. The Bertz CT molecular complexity index is 548. The molecule has 2 amide bonds. The first-order valence-electron chi connectivity index (χ1n) is 7.71. The Labute approximate surface area is 135 Å². The van der Waals surface area contributed by atoms with Crippen molar-refractivity contribution in [3.8, 4) is 5.75 Å². The van der Waals surface area contributed by atoms with Crippen LogP contribution in [0.2, 0.25) is 5.02 Å². The van der Waals surface area contributed by atoms with Crippen molar-refractivity contribution >= 4 is 17.6 Å². The summed E-state index contributed by atoms with van der Waals surface area (Å²) < 4.78 is 5.51. The number of hydrogen-bond donors (Lipinski definition) is 3. The number of halogens is 1. The predicted octanol–water partition coefficient (Wildman–Crippen LogP) is 2.32. The van der Waals surface area contributed by atoms with Crippen molar-refractivity contribution < 1.29 is 14.6 Å². The Morgan fingerprint density at radius 3 is 2.91 bits per heavy atom. The molecule has 120 valence electrons. The molecule has 0 saturated heterocycles. The average Bonchev–Trinajstić information content (AvgIpc) is 2.41. The molecule has 0 bridgehead atoms. The van der Waals surface area contributed by atoms with Crippen LogP contribution < -0.4 is 15.4 Å². The number of amides is 2. The van der Waals surface area contributed by atoms with Crippen LogP contribution in [0.1, 0.15) is 25.7 Å². The van der Waals surface area contributed by atoms with E-state index in [4.69, 9.17) is 16.3 Å². The van der Waals surface area contributed by atoms with Gasteiger partial charge < -0.3 is 20.5 Å². The summed E-state index contributed by atoms with van der Waals surface area (Å²) in [5, 5.41) is 16.2. The van der Waals surface area contributed by atoms with Gasteiger partial charge in [-0.3, -0.25) is 0 Å². The minimum Gasteiger partial charge on any atom is -0.492 e. The van der Waals surface area contributed by atoms with Crippen LogP contribution in [-0.2, 0) is 0 Å². The average molecular weight is 325 g/mol. The number of benzene rings is 1. The first-order valence-corrected chi connectivity index (χ1v) is 8.09. The van der Waals surface area contributed by atoms with E-state index in [1.54, 1.807) is 12.1 Å². The van der Waals surface area contributed by atoms with E-state index in [0.717, 1.165) is 19.3 Å². The summed E-state index contributed by atoms with van der Waals surface area (Å²) in [6, 6.07) is 7.06. The summed E-state index contributed by atoms with van der Waals surface area (Å²) in [5.41, 5.74) is -0.0470. The molecule has 1 spiro atoms. The zero-order valence-electron chi connectivity index (χ0n) is 12.3. The molecule has 0 aliphatic heterocycles. The summed E-state index contributed by atoms with van der Waals surface area (Å²) in [7, 11) is 0. The fraction of sp³-hybridized carbons (Fsp3) is 0.562. The summed E-state index contributed by atoms with van der Waals surface area (Å²) in [5.74, 6) is 0.685. The van der Waals surface area contributed by atoms with Crippen molar-refractivity contribution in [2.75, 3.05) is 13.2 Å². The van der Waals surface area contributed by atoms with E-state index in [-0.39, 0.29) is 23.6 Å². The molecule has 3 rings (SSSR count). The van der Waals surface area contributed by atoms with Gasteiger partial charge in [-0.2, -0.15) is 0 Å². The third kappa shape index (κ3) is 3.01. The van der Waals surface area contributed by atoms with Gasteiger partial charge in [-0.15, -0.1) is 0 Å². The van der Waals surface area contributed by atoms with Crippen LogP contribution >= 0.6 is 11.6 Å². The van der Waals surface area contributed by atoms with E-state index in [2.05, 4.69) is 10.6 Å². The highest BCUT2D eigenvalue weighted by Crippen LogP contribution is 2.55. The number of ether oxygens (including phenoxy) is 1. The molecule has 2 unspecified atom stereocenters. The summed E-state index contributed by atoms with van der Waals surface area (Å²) >= 11 is 5.87. The number of aliphatic hydroxyl groups excluding tert-OH is 1. The maximum Gasteiger partial charge on any atom is 0.315 e. The fourth-order valence-electron chi connectivity index (χ4n) is 3.33. The predicted molar refractivity (Wildman–Crippen MR) is 84.2 cm³/mol. The third-order valence-electron chi connectivity index (χ3n) is 4.86. The van der Waals surface area contributed by atoms with Crippen LogP contribution in [-0.4, -0.2) is 36.4 Å². The van der Waals surface area contributed by atoms with E-state index in [1.165, 1.54) is 0 Å². The van der Waals surface area contributed by atoms with Gasteiger partial charge in [0.15, 0.2) is 0 Å². The lowest BCUT2D eigenvalue weighted by Crippen LogP contribution is -2.67. The highest BCUT2D eigenvalue weighted by atomic mass is 35.5. The quantitative estimate of drug-likeness (QED) is 0.728. The Balaban J connectivity index is 1.35. The summed E-state index contributed by atoms with van der Waals surface area (Å²) in [4.78, 5) is 11.9. The molecule has 0 heterocycles. The van der Waals surface area contributed by atoms with Gasteiger partial charge in [0.05, 0.1) is 12.6 Å². The Kier molecular flexibility index (Phi) is 4.45. The van der Waals surface area contributed by atoms with Gasteiger partial charge in [-0.25, -0.2) is 4.79 Å². The van der Waals surface area contributed by atoms with Gasteiger partial charge in [0.1, 0.15) is 12.4 Å². The van der Waals surface area contributed by atoms with E-state index >= 15 is 0 Å². The third-order valence-corrected chi connectivity index (χ3v) is 5.09. The molecular weight excluding hydrogens is 304 g/mol. The van der Waals surface area contributed by atoms with E-state index in [1.807, 2.05) is 12.1 Å². The van der Waals surface area contributed by atoms with Gasteiger partial charge in [0.25, 0.3) is 0 Å². The molecule has 0 aromatic heterocycles. The second-order valence-corrected chi connectivity index (χ2v) is 6.53. The van der Waals surface area contributed by atoms with Crippen molar-refractivity contribution in [1.82, 2.24) is 10.6 Å². The Morgan fingerprint density at radius 2 is 2.27 bits per heavy atom. The zero-order chi connectivity index (χ0) is 15.6. The van der Waals surface area contributed by atoms with Crippen molar-refractivity contribution in [2.45, 2.75) is 37.8 Å². The normalized spacial score (nSPS) is 25.0. The maximum atomic E-state index is 11.9. The zero-order valence-corrected chi connectivity index (χ0v) is 13.1. The smallest absolute Gasteiger partial charge is 0.315 e. The van der Waals surface area contributed by atoms with Crippen LogP contribution in [0.5, 0.6) is 5.75 Å². The van der Waals surface area contributed by atoms with Gasteiger partial charge >= 0.3 is 6.03 Å². The standard InChI is InChI=1S/C16H21ClN2O3/c17-11-3-1-4-12(9-11)22-8-7-18-15(21)19-13-10-14(20)16(13)5-2-6-16/h1,3-4,9,13-14,20H,2,5-8,10H2,(H2,18,19,21). The van der Waals surface area contributed by atoms with Crippen LogP contribution in [0.15, 0.2) is 24.3 Å². The molecule has 2 fully saturated rings. The van der Waals surface area contributed by atoms with Crippen molar-refractivity contribution in [3.05, 3.63) is 29.3 Å². The molecule has 2 atom stereocenters. The number of aliphatic hydroxyl groups is 1. The fourth-order valence-corrected chi connectivity index (χ4v) is 3.51. The van der Waals surface area contributed by atoms with Crippen LogP contribution in [0.4, 0.5) is 4.79 Å². The van der Waals surface area contributed by atoms with Gasteiger partial charge in [0, 0.05) is 16.5 Å². The Hall–Kier alpha value is -1.46. The minimum atomic E-state index is -0.252. The molecule has 2 saturated carbocycles. The highest BCUT2D eigenvalue weighted by molar-refractivity contribution is 6.30. The van der Waals surface area contributed by atoms with Crippen LogP contribution in [0.3, 0.4) is 0 Å². The lowest BCUT2D eigenvalue weighted by Gasteiger charge is -2.59. The molecule has 1 aromatic carbocycles. The molecule has 2 aliphatic rings. The highest BCUT2D eigenvalue weighted by Gasteiger charge is 2.58. The van der Waals surface area contributed by atoms with E-state index in [9.17, 15) is 9.90 Å². The minimum absolute atomic E-state index is 0.0470. The molecule has 3 N–H and O–H groups in total. The second kappa shape index (κ2) is 6.34. The second-order valence-electron chi connectivity index (χ2n) is 6.10. The van der Waals surface area contributed by atoms with E-state index < -0.39 is 0 Å². The molecule has 1 aromatic rings. The number of rotatable bonds is 5. The van der Waals surface area contributed by atoms with Crippen molar-refractivity contribution in [3.63, 3.8) is 0 Å². The topological polar surface area (TPSA) is 70.6 Å². The van der Waals surface area contributed by atoms with Gasteiger partial charge in [0.2, 0.25) is 0 Å². The summed E-state index contributed by atoms with van der Waals surface area (Å²) in [6.45, 7) is 0.798. The SMILES string of the molecule is O=C(NCCOc1cccc(Cl)c1)NC1CC(O)C12CCC2. The Morgan fingerprint density at radius 1 is 1.45 bits per heavy atom. The first kappa shape index (κ1) is 15.4. The van der Waals surface area contributed by atoms with Crippen LogP contribution in [0.25, 0.3) is 0 Å². The maximum absolute atomic E-state index is 11.9. The molecule has 22 heavy (non-hydrogen) atoms. The largest absolute Gasteiger partial charge is 0.492 e. The van der Waals surface area contributed by atoms with Crippen molar-refractivity contribution in [2.24, 2.45) is 5.41 Å². The molecule has 6 heteroatoms. The first-order chi connectivity index (χ1) is 10.6. The number of carbonyl (C=O) groups is 1. The molecular formula is C16H21ClN2O3. The molecule has 0 radical (unpaired) electrons. The summed E-state index contributed by atoms with van der Waals surface area (Å²) in [6.07, 6.45) is 3.57. The van der Waals surface area contributed by atoms with E-state index in [0.29, 0.717) is 30.3 Å². The van der Waals surface area contributed by atoms with Crippen molar-refractivity contribution in [1.29, 1.82) is 0 Å². The van der Waals surface area contributed by atoms with Crippen LogP contribution in [0, 0.1) is 5.41 Å². The van der Waals surface area contributed by atoms with Gasteiger partial charge in [-0.1, -0.05) is 24.1 Å².